The number of aryl methyl sites for hydroxylation is 2. The minimum atomic E-state index is -3.51. The van der Waals surface area contributed by atoms with Crippen LogP contribution in [0.3, 0.4) is 0 Å². The van der Waals surface area contributed by atoms with Crippen LogP contribution in [0.25, 0.3) is 0 Å². The van der Waals surface area contributed by atoms with Crippen molar-refractivity contribution in [2.75, 3.05) is 0 Å². The molecule has 0 atom stereocenters. The van der Waals surface area contributed by atoms with Crippen molar-refractivity contribution in [3.8, 4) is 0 Å². The summed E-state index contributed by atoms with van der Waals surface area (Å²) < 4.78 is 33.7. The molecule has 1 aromatic carbocycles. The maximum Gasteiger partial charge on any atom is 0.243 e. The van der Waals surface area contributed by atoms with Crippen molar-refractivity contribution in [3.63, 3.8) is 0 Å². The van der Waals surface area contributed by atoms with Gasteiger partial charge in [-0.2, -0.15) is 4.31 Å². The van der Waals surface area contributed by atoms with E-state index < -0.39 is 10.0 Å². The second kappa shape index (κ2) is 6.37. The molecule has 1 fully saturated rings. The lowest BCUT2D eigenvalue weighted by atomic mass is 10.1. The maximum atomic E-state index is 13.3. The first-order valence-electron chi connectivity index (χ1n) is 8.80. The summed E-state index contributed by atoms with van der Waals surface area (Å²) in [6.07, 6.45) is 8.84. The topological polar surface area (TPSA) is 50.5 Å². The maximum absolute atomic E-state index is 13.3. The summed E-state index contributed by atoms with van der Waals surface area (Å²) >= 11 is 0. The van der Waals surface area contributed by atoms with E-state index in [1.807, 2.05) is 24.3 Å². The zero-order valence-corrected chi connectivity index (χ0v) is 14.6. The Kier molecular flexibility index (Phi) is 4.22. The first-order chi connectivity index (χ1) is 11.6. The summed E-state index contributed by atoms with van der Waals surface area (Å²) in [4.78, 5) is 0.432. The predicted molar refractivity (Wildman–Crippen MR) is 92.2 cm³/mol. The highest BCUT2D eigenvalue weighted by atomic mass is 32.2. The highest BCUT2D eigenvalue weighted by Gasteiger charge is 2.34. The lowest BCUT2D eigenvalue weighted by Crippen LogP contribution is -2.38. The molecule has 24 heavy (non-hydrogen) atoms. The van der Waals surface area contributed by atoms with Crippen LogP contribution in [0.15, 0.2) is 45.9 Å². The van der Waals surface area contributed by atoms with Gasteiger partial charge in [0.15, 0.2) is 0 Å². The van der Waals surface area contributed by atoms with Crippen molar-refractivity contribution >= 4 is 10.0 Å². The van der Waals surface area contributed by atoms with E-state index in [-0.39, 0.29) is 6.04 Å². The molecule has 0 amide bonds. The first kappa shape index (κ1) is 15.9. The average Bonchev–Trinajstić information content (AvgIpc) is 3.32. The molecule has 0 spiro atoms. The van der Waals surface area contributed by atoms with E-state index in [2.05, 4.69) is 0 Å². The Morgan fingerprint density at radius 3 is 2.58 bits per heavy atom. The van der Waals surface area contributed by atoms with Gasteiger partial charge in [0.05, 0.1) is 17.7 Å². The van der Waals surface area contributed by atoms with E-state index >= 15 is 0 Å². The Balaban J connectivity index is 1.69. The predicted octanol–water partition coefficient (Wildman–Crippen LogP) is 3.90. The van der Waals surface area contributed by atoms with Crippen LogP contribution in [-0.2, 0) is 29.4 Å². The molecule has 0 saturated heterocycles. The largest absolute Gasteiger partial charge is 0.468 e. The van der Waals surface area contributed by atoms with Crippen molar-refractivity contribution in [3.05, 3.63) is 53.5 Å². The number of hydrogen-bond acceptors (Lipinski definition) is 3. The zero-order valence-electron chi connectivity index (χ0n) is 13.8. The summed E-state index contributed by atoms with van der Waals surface area (Å²) in [5.74, 6) is 0.701. The van der Waals surface area contributed by atoms with Crippen LogP contribution >= 0.6 is 0 Å². The van der Waals surface area contributed by atoms with Gasteiger partial charge in [0.25, 0.3) is 0 Å². The van der Waals surface area contributed by atoms with Crippen LogP contribution in [0.1, 0.15) is 49.0 Å². The molecule has 1 saturated carbocycles. The number of hydrogen-bond donors (Lipinski definition) is 0. The van der Waals surface area contributed by atoms with E-state index in [4.69, 9.17) is 4.42 Å². The van der Waals surface area contributed by atoms with Gasteiger partial charge in [0.2, 0.25) is 10.0 Å². The van der Waals surface area contributed by atoms with Crippen molar-refractivity contribution in [2.24, 2.45) is 0 Å². The number of sulfonamides is 1. The molecule has 0 bridgehead atoms. The van der Waals surface area contributed by atoms with Crippen LogP contribution in [-0.4, -0.2) is 18.8 Å². The molecule has 2 aromatic rings. The average molecular weight is 345 g/mol. The van der Waals surface area contributed by atoms with Crippen molar-refractivity contribution in [2.45, 2.75) is 62.4 Å². The van der Waals surface area contributed by atoms with Gasteiger partial charge in [-0.15, -0.1) is 0 Å². The summed E-state index contributed by atoms with van der Waals surface area (Å²) in [5, 5.41) is 0. The Labute approximate surface area is 143 Å². The van der Waals surface area contributed by atoms with Gasteiger partial charge in [0.1, 0.15) is 5.76 Å². The molecule has 4 nitrogen and oxygen atoms in total. The van der Waals surface area contributed by atoms with Crippen LogP contribution in [0.2, 0.25) is 0 Å². The zero-order chi connectivity index (χ0) is 16.6. The second-order valence-electron chi connectivity index (χ2n) is 6.85. The Bertz CT molecular complexity index is 805. The van der Waals surface area contributed by atoms with Gasteiger partial charge in [-0.05, 0) is 67.5 Å². The second-order valence-corrected chi connectivity index (χ2v) is 8.74. The van der Waals surface area contributed by atoms with Gasteiger partial charge >= 0.3 is 0 Å². The van der Waals surface area contributed by atoms with Crippen molar-refractivity contribution in [1.29, 1.82) is 0 Å². The number of benzene rings is 1. The van der Waals surface area contributed by atoms with E-state index in [0.717, 1.165) is 44.9 Å². The van der Waals surface area contributed by atoms with Gasteiger partial charge < -0.3 is 4.42 Å². The lowest BCUT2D eigenvalue weighted by Gasteiger charge is -2.27. The third-order valence-corrected chi connectivity index (χ3v) is 7.19. The van der Waals surface area contributed by atoms with Crippen molar-refractivity contribution in [1.82, 2.24) is 4.31 Å². The van der Waals surface area contributed by atoms with Crippen LogP contribution < -0.4 is 0 Å². The highest BCUT2D eigenvalue weighted by Crippen LogP contribution is 2.32. The fraction of sp³-hybridized carbons (Fsp3) is 0.474. The third kappa shape index (κ3) is 2.91. The number of fused-ring (bicyclic) bond motifs is 1. The SMILES string of the molecule is O=S(=O)(c1ccc2c(c1)CCC2)N(Cc1ccco1)C1CCCC1. The van der Waals surface area contributed by atoms with Crippen molar-refractivity contribution < 1.29 is 12.8 Å². The molecule has 128 valence electrons. The molecular weight excluding hydrogens is 322 g/mol. The van der Waals surface area contributed by atoms with Crippen LogP contribution in [0.5, 0.6) is 0 Å². The Morgan fingerprint density at radius 2 is 1.83 bits per heavy atom. The summed E-state index contributed by atoms with van der Waals surface area (Å²) in [5.41, 5.74) is 2.49. The minimum Gasteiger partial charge on any atom is -0.468 e. The van der Waals surface area contributed by atoms with E-state index in [1.54, 1.807) is 16.6 Å². The van der Waals surface area contributed by atoms with E-state index in [0.29, 0.717) is 17.2 Å². The normalized spacial score (nSPS) is 18.4. The molecule has 0 radical (unpaired) electrons. The quantitative estimate of drug-likeness (QED) is 0.826. The van der Waals surface area contributed by atoms with Crippen LogP contribution in [0, 0.1) is 0 Å². The molecule has 2 aliphatic carbocycles. The monoisotopic (exact) mass is 345 g/mol. The number of furan rings is 1. The highest BCUT2D eigenvalue weighted by molar-refractivity contribution is 7.89. The Hall–Kier alpha value is -1.59. The Morgan fingerprint density at radius 1 is 1.04 bits per heavy atom. The van der Waals surface area contributed by atoms with Crippen LogP contribution in [0.4, 0.5) is 0 Å². The fourth-order valence-corrected chi connectivity index (χ4v) is 5.71. The molecule has 1 heterocycles. The molecular formula is C19H23NO3S. The standard InChI is InChI=1S/C19H23NO3S/c21-24(22,19-11-10-15-5-3-6-16(15)13-19)20(17-7-1-2-8-17)14-18-9-4-12-23-18/h4,9-13,17H,1-3,5-8,14H2. The summed E-state index contributed by atoms with van der Waals surface area (Å²) in [6, 6.07) is 9.40. The summed E-state index contributed by atoms with van der Waals surface area (Å²) in [6.45, 7) is 0.317. The first-order valence-corrected chi connectivity index (χ1v) is 10.2. The van der Waals surface area contributed by atoms with E-state index in [9.17, 15) is 8.42 Å². The third-order valence-electron chi connectivity index (χ3n) is 5.30. The molecule has 0 N–H and O–H groups in total. The van der Waals surface area contributed by atoms with Gasteiger partial charge in [0, 0.05) is 6.04 Å². The number of nitrogens with zero attached hydrogens (tertiary/aromatic N) is 1. The molecule has 4 rings (SSSR count). The molecule has 0 unspecified atom stereocenters. The molecule has 5 heteroatoms. The lowest BCUT2D eigenvalue weighted by molar-refractivity contribution is 0.292. The van der Waals surface area contributed by atoms with E-state index in [1.165, 1.54) is 11.1 Å². The summed E-state index contributed by atoms with van der Waals surface area (Å²) in [7, 11) is -3.51. The van der Waals surface area contributed by atoms with Gasteiger partial charge in [-0.25, -0.2) is 8.42 Å². The smallest absolute Gasteiger partial charge is 0.243 e. The molecule has 2 aliphatic rings. The van der Waals surface area contributed by atoms with Gasteiger partial charge in [-0.1, -0.05) is 18.9 Å². The van der Waals surface area contributed by atoms with Gasteiger partial charge in [-0.3, -0.25) is 0 Å². The number of rotatable bonds is 5. The minimum absolute atomic E-state index is 0.0772. The fourth-order valence-electron chi connectivity index (χ4n) is 4.00. The molecule has 1 aromatic heterocycles. The molecule has 0 aliphatic heterocycles.